The number of aliphatic hydroxyl groups is 1. The van der Waals surface area contributed by atoms with Crippen molar-refractivity contribution in [2.24, 2.45) is 0 Å². The Kier molecular flexibility index (Phi) is 1.24. The molecule has 0 amide bonds. The molecule has 0 aliphatic carbocycles. The van der Waals surface area contributed by atoms with Crippen molar-refractivity contribution in [2.75, 3.05) is 0 Å². The molecule has 0 spiro atoms. The first-order valence-electron chi connectivity index (χ1n) is 3.68. The number of aliphatic hydroxyl groups excluding tert-OH is 1. The van der Waals surface area contributed by atoms with Crippen molar-refractivity contribution < 1.29 is 9.84 Å². The molecule has 2 heterocycles. The lowest BCUT2D eigenvalue weighted by Gasteiger charge is -2.24. The van der Waals surface area contributed by atoms with Crippen LogP contribution in [0.5, 0.6) is 0 Å². The maximum atomic E-state index is 9.21. The van der Waals surface area contributed by atoms with Gasteiger partial charge >= 0.3 is 0 Å². The lowest BCUT2D eigenvalue weighted by molar-refractivity contribution is -0.0520. The van der Waals surface area contributed by atoms with Gasteiger partial charge in [0.2, 0.25) is 0 Å². The Hall–Kier alpha value is -0.0800. The van der Waals surface area contributed by atoms with Crippen molar-refractivity contribution in [1.82, 2.24) is 0 Å². The first-order valence-corrected chi connectivity index (χ1v) is 3.68. The van der Waals surface area contributed by atoms with Crippen molar-refractivity contribution in [3.05, 3.63) is 0 Å². The third-order valence-corrected chi connectivity index (χ3v) is 2.27. The highest BCUT2D eigenvalue weighted by Crippen LogP contribution is 2.31. The van der Waals surface area contributed by atoms with Gasteiger partial charge < -0.3 is 9.84 Å². The molecule has 0 unspecified atom stereocenters. The third-order valence-electron chi connectivity index (χ3n) is 2.27. The number of rotatable bonds is 0. The molecule has 0 saturated carbocycles. The fraction of sp³-hybridized carbons (Fsp3) is 1.00. The Labute approximate surface area is 54.8 Å². The second-order valence-corrected chi connectivity index (χ2v) is 3.08. The van der Waals surface area contributed by atoms with Crippen LogP contribution in [0.25, 0.3) is 0 Å². The van der Waals surface area contributed by atoms with Crippen molar-refractivity contribution in [2.45, 2.75) is 44.0 Å². The van der Waals surface area contributed by atoms with Crippen LogP contribution < -0.4 is 0 Å². The van der Waals surface area contributed by atoms with Gasteiger partial charge in [-0.05, 0) is 25.7 Å². The van der Waals surface area contributed by atoms with Crippen LogP contribution in [-0.4, -0.2) is 23.4 Å². The second-order valence-electron chi connectivity index (χ2n) is 3.08. The molecular weight excluding hydrogens is 116 g/mol. The number of ether oxygens (including phenoxy) is 1. The van der Waals surface area contributed by atoms with E-state index in [1.54, 1.807) is 0 Å². The largest absolute Gasteiger partial charge is 0.393 e. The smallest absolute Gasteiger partial charge is 0.0604 e. The van der Waals surface area contributed by atoms with Crippen molar-refractivity contribution in [1.29, 1.82) is 0 Å². The zero-order chi connectivity index (χ0) is 6.27. The van der Waals surface area contributed by atoms with Gasteiger partial charge in [-0.15, -0.1) is 0 Å². The summed E-state index contributed by atoms with van der Waals surface area (Å²) in [6, 6.07) is 0. The summed E-state index contributed by atoms with van der Waals surface area (Å²) in [5.41, 5.74) is 0. The lowest BCUT2D eigenvalue weighted by atomic mass is 10.1. The van der Waals surface area contributed by atoms with E-state index < -0.39 is 0 Å². The molecule has 2 fully saturated rings. The molecule has 2 rings (SSSR count). The van der Waals surface area contributed by atoms with E-state index in [1.165, 1.54) is 12.8 Å². The molecule has 0 aromatic heterocycles. The zero-order valence-electron chi connectivity index (χ0n) is 5.42. The first-order chi connectivity index (χ1) is 4.34. The van der Waals surface area contributed by atoms with Crippen LogP contribution in [0.15, 0.2) is 0 Å². The second kappa shape index (κ2) is 1.96. The number of hydrogen-bond donors (Lipinski definition) is 1. The summed E-state index contributed by atoms with van der Waals surface area (Å²) in [6.07, 6.45) is 4.78. The average molecular weight is 128 g/mol. The molecule has 2 aliphatic heterocycles. The number of hydrogen-bond acceptors (Lipinski definition) is 2. The Morgan fingerprint density at radius 3 is 2.22 bits per heavy atom. The van der Waals surface area contributed by atoms with Gasteiger partial charge in [0.1, 0.15) is 0 Å². The minimum atomic E-state index is -0.0729. The Bertz CT molecular complexity index is 101. The summed E-state index contributed by atoms with van der Waals surface area (Å²) < 4.78 is 5.51. The van der Waals surface area contributed by atoms with E-state index in [2.05, 4.69) is 0 Å². The zero-order valence-corrected chi connectivity index (χ0v) is 5.42. The van der Waals surface area contributed by atoms with E-state index in [4.69, 9.17) is 4.74 Å². The maximum absolute atomic E-state index is 9.21. The normalized spacial score (nSPS) is 49.7. The molecule has 2 bridgehead atoms. The SMILES string of the molecule is O[C@H]1C[C@H]2CC[C@@H](C1)O2. The van der Waals surface area contributed by atoms with Crippen LogP contribution in [0.4, 0.5) is 0 Å². The molecule has 3 atom stereocenters. The lowest BCUT2D eigenvalue weighted by Crippen LogP contribution is -2.28. The molecule has 0 aromatic carbocycles. The van der Waals surface area contributed by atoms with E-state index in [0.717, 1.165) is 12.8 Å². The Morgan fingerprint density at radius 1 is 1.11 bits per heavy atom. The topological polar surface area (TPSA) is 29.5 Å². The predicted molar refractivity (Wildman–Crippen MR) is 33.1 cm³/mol. The van der Waals surface area contributed by atoms with Gasteiger partial charge in [0.05, 0.1) is 18.3 Å². The van der Waals surface area contributed by atoms with Crippen LogP contribution in [0.2, 0.25) is 0 Å². The highest BCUT2D eigenvalue weighted by molar-refractivity contribution is 4.83. The molecule has 1 N–H and O–H groups in total. The monoisotopic (exact) mass is 128 g/mol. The summed E-state index contributed by atoms with van der Waals surface area (Å²) in [4.78, 5) is 0. The van der Waals surface area contributed by atoms with Crippen LogP contribution in [0.3, 0.4) is 0 Å². The number of fused-ring (bicyclic) bond motifs is 2. The fourth-order valence-electron chi connectivity index (χ4n) is 1.83. The molecule has 52 valence electrons. The van der Waals surface area contributed by atoms with Crippen molar-refractivity contribution in [3.63, 3.8) is 0 Å². The van der Waals surface area contributed by atoms with E-state index in [1.807, 2.05) is 0 Å². The Balaban J connectivity index is 2.03. The van der Waals surface area contributed by atoms with Gasteiger partial charge in [-0.25, -0.2) is 0 Å². The summed E-state index contributed by atoms with van der Waals surface area (Å²) in [7, 11) is 0. The minimum Gasteiger partial charge on any atom is -0.393 e. The highest BCUT2D eigenvalue weighted by atomic mass is 16.5. The van der Waals surface area contributed by atoms with Crippen LogP contribution >= 0.6 is 0 Å². The highest BCUT2D eigenvalue weighted by Gasteiger charge is 2.33. The van der Waals surface area contributed by atoms with Gasteiger partial charge in [0.15, 0.2) is 0 Å². The standard InChI is InChI=1S/C7H12O2/c8-5-3-6-1-2-7(4-5)9-6/h5-8H,1-4H2/t5-,6+,7-. The average Bonchev–Trinajstić information content (AvgIpc) is 2.11. The van der Waals surface area contributed by atoms with E-state index in [0.29, 0.717) is 12.2 Å². The van der Waals surface area contributed by atoms with Crippen LogP contribution in [0, 0.1) is 0 Å². The predicted octanol–water partition coefficient (Wildman–Crippen LogP) is 0.689. The Morgan fingerprint density at radius 2 is 1.67 bits per heavy atom. The minimum absolute atomic E-state index is 0.0729. The maximum Gasteiger partial charge on any atom is 0.0604 e. The van der Waals surface area contributed by atoms with E-state index >= 15 is 0 Å². The van der Waals surface area contributed by atoms with E-state index in [-0.39, 0.29) is 6.10 Å². The van der Waals surface area contributed by atoms with Gasteiger partial charge in [-0.3, -0.25) is 0 Å². The molecule has 2 aliphatic rings. The molecule has 2 nitrogen and oxygen atoms in total. The molecular formula is C7H12O2. The molecule has 2 saturated heterocycles. The fourth-order valence-corrected chi connectivity index (χ4v) is 1.83. The molecule has 0 radical (unpaired) electrons. The summed E-state index contributed by atoms with van der Waals surface area (Å²) in [5, 5.41) is 9.21. The van der Waals surface area contributed by atoms with Gasteiger partial charge in [0.25, 0.3) is 0 Å². The molecule has 9 heavy (non-hydrogen) atoms. The van der Waals surface area contributed by atoms with Crippen LogP contribution in [-0.2, 0) is 4.74 Å². The first kappa shape index (κ1) is 5.69. The van der Waals surface area contributed by atoms with Crippen LogP contribution in [0.1, 0.15) is 25.7 Å². The van der Waals surface area contributed by atoms with Gasteiger partial charge in [0, 0.05) is 0 Å². The van der Waals surface area contributed by atoms with Gasteiger partial charge in [-0.1, -0.05) is 0 Å². The summed E-state index contributed by atoms with van der Waals surface area (Å²) in [6.45, 7) is 0. The van der Waals surface area contributed by atoms with E-state index in [9.17, 15) is 5.11 Å². The molecule has 2 heteroatoms. The molecule has 0 aromatic rings. The quantitative estimate of drug-likeness (QED) is 0.520. The summed E-state index contributed by atoms with van der Waals surface area (Å²) >= 11 is 0. The summed E-state index contributed by atoms with van der Waals surface area (Å²) in [5.74, 6) is 0. The van der Waals surface area contributed by atoms with Crippen molar-refractivity contribution >= 4 is 0 Å². The third kappa shape index (κ3) is 0.970. The van der Waals surface area contributed by atoms with Crippen molar-refractivity contribution in [3.8, 4) is 0 Å². The van der Waals surface area contributed by atoms with Gasteiger partial charge in [-0.2, -0.15) is 0 Å².